The Kier molecular flexibility index (Phi) is 11.0. The molecule has 3 atom stereocenters. The van der Waals surface area contributed by atoms with Gasteiger partial charge in [-0.05, 0) is 89.3 Å². The number of phenols is 2. The lowest BCUT2D eigenvalue weighted by molar-refractivity contribution is -0.143. The number of ether oxygens (including phenoxy) is 1. The van der Waals surface area contributed by atoms with E-state index in [9.17, 15) is 24.6 Å². The first-order valence-electron chi connectivity index (χ1n) is 14.9. The second kappa shape index (κ2) is 14.3. The molecule has 0 aliphatic heterocycles. The highest BCUT2D eigenvalue weighted by atomic mass is 16.6. The van der Waals surface area contributed by atoms with Crippen molar-refractivity contribution in [2.75, 3.05) is 5.32 Å². The van der Waals surface area contributed by atoms with Gasteiger partial charge in [0, 0.05) is 23.7 Å². The Morgan fingerprint density at radius 3 is 2.02 bits per heavy atom. The number of rotatable bonds is 10. The Morgan fingerprint density at radius 2 is 1.45 bits per heavy atom. The quantitative estimate of drug-likeness (QED) is 0.210. The number of aromatic hydroxyl groups is 2. The Balaban J connectivity index is 2.16. The molecule has 9 heteroatoms. The molecule has 3 rings (SSSR count). The number of anilines is 1. The fraction of sp³-hybridized carbons (Fsp3) is 0.400. The van der Waals surface area contributed by atoms with Crippen LogP contribution in [-0.2, 0) is 20.7 Å². The molecule has 0 radical (unpaired) electrons. The van der Waals surface area contributed by atoms with Crippen molar-refractivity contribution in [1.29, 1.82) is 0 Å². The fourth-order valence-corrected chi connectivity index (χ4v) is 5.02. The summed E-state index contributed by atoms with van der Waals surface area (Å²) in [6.07, 6.45) is -0.228. The molecular weight excluding hydrogens is 558 g/mol. The van der Waals surface area contributed by atoms with Crippen molar-refractivity contribution in [3.05, 3.63) is 88.5 Å². The number of para-hydroxylation sites is 2. The topological polar surface area (TPSA) is 128 Å². The third kappa shape index (κ3) is 8.52. The summed E-state index contributed by atoms with van der Waals surface area (Å²) >= 11 is 0. The van der Waals surface area contributed by atoms with E-state index in [-0.39, 0.29) is 23.5 Å². The monoisotopic (exact) mass is 603 g/mol. The first kappa shape index (κ1) is 34.0. The molecular formula is C35H45N3O6. The second-order valence-electron chi connectivity index (χ2n) is 12.2. The average molecular weight is 604 g/mol. The number of phenolic OH excluding ortho intramolecular Hbond substituents is 2. The van der Waals surface area contributed by atoms with Crippen LogP contribution in [0.2, 0.25) is 0 Å². The van der Waals surface area contributed by atoms with Crippen molar-refractivity contribution < 1.29 is 29.3 Å². The lowest BCUT2D eigenvalue weighted by atomic mass is 9.95. The Bertz CT molecular complexity index is 1460. The molecule has 0 fully saturated rings. The summed E-state index contributed by atoms with van der Waals surface area (Å²) in [5.41, 5.74) is 3.01. The minimum absolute atomic E-state index is 0.0658. The number of alkyl carbamates (subject to hydrolysis) is 1. The summed E-state index contributed by atoms with van der Waals surface area (Å²) in [5, 5.41) is 26.8. The number of hydrogen-bond acceptors (Lipinski definition) is 6. The van der Waals surface area contributed by atoms with Crippen LogP contribution in [0.4, 0.5) is 10.5 Å². The maximum absolute atomic E-state index is 14.7. The van der Waals surface area contributed by atoms with Gasteiger partial charge in [-0.3, -0.25) is 9.59 Å². The van der Waals surface area contributed by atoms with E-state index in [0.717, 1.165) is 11.1 Å². The molecule has 0 aliphatic rings. The molecule has 0 heterocycles. The van der Waals surface area contributed by atoms with Gasteiger partial charge in [0.1, 0.15) is 29.2 Å². The maximum atomic E-state index is 14.7. The zero-order valence-corrected chi connectivity index (χ0v) is 26.9. The normalized spacial score (nSPS) is 13.4. The molecule has 0 aromatic heterocycles. The minimum Gasteiger partial charge on any atom is -0.508 e. The number of aryl methyl sites for hydroxylation is 3. The Labute approximate surface area is 260 Å². The molecule has 9 nitrogen and oxygen atoms in total. The number of amides is 3. The van der Waals surface area contributed by atoms with Gasteiger partial charge in [0.05, 0.1) is 0 Å². The molecule has 3 amide bonds. The van der Waals surface area contributed by atoms with Crippen LogP contribution >= 0.6 is 0 Å². The van der Waals surface area contributed by atoms with E-state index in [2.05, 4.69) is 10.6 Å². The van der Waals surface area contributed by atoms with Crippen molar-refractivity contribution in [2.24, 2.45) is 0 Å². The lowest BCUT2D eigenvalue weighted by Crippen LogP contribution is -2.55. The molecule has 236 valence electrons. The number of carbonyl (C=O) groups is 3. The third-order valence-electron chi connectivity index (χ3n) is 7.50. The van der Waals surface area contributed by atoms with Gasteiger partial charge < -0.3 is 30.5 Å². The highest BCUT2D eigenvalue weighted by Gasteiger charge is 2.40. The van der Waals surface area contributed by atoms with Crippen LogP contribution in [0, 0.1) is 20.8 Å². The average Bonchev–Trinajstić information content (AvgIpc) is 2.94. The predicted octanol–water partition coefficient (Wildman–Crippen LogP) is 6.47. The second-order valence-corrected chi connectivity index (χ2v) is 12.2. The molecule has 3 aromatic carbocycles. The first-order valence-corrected chi connectivity index (χ1v) is 14.9. The van der Waals surface area contributed by atoms with Crippen molar-refractivity contribution in [3.63, 3.8) is 0 Å². The molecule has 0 saturated heterocycles. The van der Waals surface area contributed by atoms with Gasteiger partial charge in [0.15, 0.2) is 0 Å². The first-order chi connectivity index (χ1) is 20.6. The Hall–Kier alpha value is -4.53. The van der Waals surface area contributed by atoms with Crippen molar-refractivity contribution >= 4 is 23.6 Å². The van der Waals surface area contributed by atoms with Crippen LogP contribution in [0.25, 0.3) is 0 Å². The summed E-state index contributed by atoms with van der Waals surface area (Å²) in [5.74, 6) is -1.06. The van der Waals surface area contributed by atoms with Gasteiger partial charge >= 0.3 is 6.09 Å². The molecule has 3 unspecified atom stereocenters. The van der Waals surface area contributed by atoms with E-state index in [4.69, 9.17) is 4.74 Å². The standard InChI is InChI=1S/C35H45N3O6/c1-9-24(5)38(33(42)28(36-34(43)44-35(6,7)8)20-25-16-18-26(39)19-17-25)30(27-15-11-14-23(4)31(27)40)32(41)37-29-21(2)12-10-13-22(29)3/h10-19,24,28,30,39-40H,9,20H2,1-8H3,(H,36,43)(H,37,41). The van der Waals surface area contributed by atoms with Gasteiger partial charge in [-0.15, -0.1) is 0 Å². The number of nitrogens with one attached hydrogen (secondary N) is 2. The van der Waals surface area contributed by atoms with E-state index in [1.54, 1.807) is 58.0 Å². The third-order valence-corrected chi connectivity index (χ3v) is 7.50. The summed E-state index contributed by atoms with van der Waals surface area (Å²) in [7, 11) is 0. The molecule has 3 aromatic rings. The molecule has 44 heavy (non-hydrogen) atoms. The predicted molar refractivity (Wildman–Crippen MR) is 172 cm³/mol. The molecule has 0 aliphatic carbocycles. The Morgan fingerprint density at radius 1 is 0.886 bits per heavy atom. The van der Waals surface area contributed by atoms with Gasteiger partial charge in [0.25, 0.3) is 5.91 Å². The van der Waals surface area contributed by atoms with E-state index < -0.39 is 41.6 Å². The van der Waals surface area contributed by atoms with E-state index >= 15 is 0 Å². The zero-order valence-electron chi connectivity index (χ0n) is 26.9. The van der Waals surface area contributed by atoms with Crippen molar-refractivity contribution in [2.45, 2.75) is 92.0 Å². The van der Waals surface area contributed by atoms with Gasteiger partial charge in [-0.2, -0.15) is 0 Å². The summed E-state index contributed by atoms with van der Waals surface area (Å²) in [6, 6.07) is 14.3. The van der Waals surface area contributed by atoms with Gasteiger partial charge in [-0.1, -0.05) is 55.5 Å². The number of benzene rings is 3. The van der Waals surface area contributed by atoms with Crippen LogP contribution in [-0.4, -0.2) is 50.7 Å². The van der Waals surface area contributed by atoms with Crippen LogP contribution in [0.3, 0.4) is 0 Å². The van der Waals surface area contributed by atoms with E-state index in [1.165, 1.54) is 17.0 Å². The van der Waals surface area contributed by atoms with Crippen molar-refractivity contribution in [3.8, 4) is 11.5 Å². The molecule has 0 spiro atoms. The van der Waals surface area contributed by atoms with Crippen molar-refractivity contribution in [1.82, 2.24) is 10.2 Å². The lowest BCUT2D eigenvalue weighted by Gasteiger charge is -2.38. The van der Waals surface area contributed by atoms with Crippen LogP contribution in [0.1, 0.15) is 74.9 Å². The fourth-order valence-electron chi connectivity index (χ4n) is 5.02. The molecule has 0 saturated carbocycles. The summed E-state index contributed by atoms with van der Waals surface area (Å²) < 4.78 is 5.49. The van der Waals surface area contributed by atoms with Crippen LogP contribution in [0.5, 0.6) is 11.5 Å². The highest BCUT2D eigenvalue weighted by molar-refractivity contribution is 6.00. The minimum atomic E-state index is -1.24. The zero-order chi connectivity index (χ0) is 32.8. The molecule has 0 bridgehead atoms. The van der Waals surface area contributed by atoms with Gasteiger partial charge in [0.2, 0.25) is 5.91 Å². The van der Waals surface area contributed by atoms with Crippen LogP contribution in [0.15, 0.2) is 60.7 Å². The number of carbonyl (C=O) groups excluding carboxylic acids is 3. The van der Waals surface area contributed by atoms with Crippen LogP contribution < -0.4 is 10.6 Å². The summed E-state index contributed by atoms with van der Waals surface area (Å²) in [4.78, 5) is 43.4. The molecule has 4 N–H and O–H groups in total. The highest BCUT2D eigenvalue weighted by Crippen LogP contribution is 2.35. The smallest absolute Gasteiger partial charge is 0.408 e. The van der Waals surface area contributed by atoms with E-state index in [0.29, 0.717) is 23.2 Å². The largest absolute Gasteiger partial charge is 0.508 e. The SMILES string of the molecule is CCC(C)N(C(=O)C(Cc1ccc(O)cc1)NC(=O)OC(C)(C)C)C(C(=O)Nc1c(C)cccc1C)c1cccc(C)c1O. The number of nitrogens with zero attached hydrogens (tertiary/aromatic N) is 1. The van der Waals surface area contributed by atoms with E-state index in [1.807, 2.05) is 45.9 Å². The number of hydrogen-bond donors (Lipinski definition) is 4. The maximum Gasteiger partial charge on any atom is 0.408 e. The summed E-state index contributed by atoms with van der Waals surface area (Å²) in [6.45, 7) is 14.4. The van der Waals surface area contributed by atoms with Gasteiger partial charge in [-0.25, -0.2) is 4.79 Å².